The molecule has 76 valence electrons. The molecule has 0 saturated heterocycles. The maximum Gasteiger partial charge on any atom is 0.321 e. The zero-order valence-corrected chi connectivity index (χ0v) is 7.01. The summed E-state index contributed by atoms with van der Waals surface area (Å²) in [4.78, 5) is 20.9. The minimum absolute atomic E-state index is 0.0688. The average Bonchev–Trinajstić information content (AvgIpc) is 2.04. The number of aliphatic hydroxyl groups excluding tert-OH is 1. The van der Waals surface area contributed by atoms with Gasteiger partial charge in [-0.3, -0.25) is 9.59 Å². The van der Waals surface area contributed by atoms with Gasteiger partial charge in [0.2, 0.25) is 0 Å². The molecule has 0 saturated carbocycles. The third kappa shape index (κ3) is 3.86. The van der Waals surface area contributed by atoms with Crippen LogP contribution in [0, 0.1) is 5.92 Å². The number of aliphatic hydroxyl groups is 1. The summed E-state index contributed by atoms with van der Waals surface area (Å²) in [5.74, 6) is -3.72. The Hall–Kier alpha value is -1.14. The van der Waals surface area contributed by atoms with Gasteiger partial charge in [-0.15, -0.1) is 0 Å². The molecule has 0 aromatic heterocycles. The van der Waals surface area contributed by atoms with Crippen molar-refractivity contribution in [2.24, 2.45) is 11.7 Å². The van der Waals surface area contributed by atoms with Gasteiger partial charge in [0.15, 0.2) is 0 Å². The van der Waals surface area contributed by atoms with Crippen LogP contribution in [0.5, 0.6) is 0 Å². The fourth-order valence-corrected chi connectivity index (χ4v) is 0.940. The quantitative estimate of drug-likeness (QED) is 0.421. The van der Waals surface area contributed by atoms with E-state index in [1.807, 2.05) is 0 Å². The lowest BCUT2D eigenvalue weighted by atomic mass is 9.95. The normalized spacial score (nSPS) is 14.9. The lowest BCUT2D eigenvalue weighted by Crippen LogP contribution is -2.42. The minimum atomic E-state index is -1.41. The number of rotatable bonds is 6. The number of carboxylic acids is 2. The van der Waals surface area contributed by atoms with E-state index in [2.05, 4.69) is 0 Å². The van der Waals surface area contributed by atoms with E-state index in [9.17, 15) is 9.59 Å². The highest BCUT2D eigenvalue weighted by molar-refractivity contribution is 5.82. The highest BCUT2D eigenvalue weighted by atomic mass is 16.4. The third-order valence-corrected chi connectivity index (χ3v) is 1.71. The number of aliphatic carboxylic acids is 2. The second kappa shape index (κ2) is 5.50. The van der Waals surface area contributed by atoms with E-state index in [0.29, 0.717) is 0 Å². The molecular weight excluding hydrogens is 178 g/mol. The first kappa shape index (κ1) is 11.9. The van der Waals surface area contributed by atoms with Gasteiger partial charge in [0, 0.05) is 6.61 Å². The summed E-state index contributed by atoms with van der Waals surface area (Å²) in [6, 6.07) is -1.41. The molecule has 0 aromatic rings. The maximum absolute atomic E-state index is 10.5. The molecule has 0 amide bonds. The first-order valence-corrected chi connectivity index (χ1v) is 3.82. The highest BCUT2D eigenvalue weighted by Gasteiger charge is 2.29. The van der Waals surface area contributed by atoms with Crippen molar-refractivity contribution in [1.29, 1.82) is 0 Å². The Kier molecular flexibility index (Phi) is 5.01. The molecule has 0 spiro atoms. The van der Waals surface area contributed by atoms with E-state index in [1.165, 1.54) is 0 Å². The first-order chi connectivity index (χ1) is 6.00. The van der Waals surface area contributed by atoms with Gasteiger partial charge in [0.05, 0.1) is 5.92 Å². The molecule has 0 fully saturated rings. The van der Waals surface area contributed by atoms with Crippen LogP contribution >= 0.6 is 0 Å². The van der Waals surface area contributed by atoms with Crippen LogP contribution in [0.3, 0.4) is 0 Å². The molecule has 0 aliphatic carbocycles. The summed E-state index contributed by atoms with van der Waals surface area (Å²) in [5.41, 5.74) is 5.14. The summed E-state index contributed by atoms with van der Waals surface area (Å²) in [7, 11) is 0. The van der Waals surface area contributed by atoms with Gasteiger partial charge in [-0.05, 0) is 12.8 Å². The van der Waals surface area contributed by atoms with Gasteiger partial charge >= 0.3 is 11.9 Å². The van der Waals surface area contributed by atoms with Gasteiger partial charge in [0.1, 0.15) is 6.04 Å². The number of carbonyl (C=O) groups is 2. The van der Waals surface area contributed by atoms with Crippen LogP contribution in [0.25, 0.3) is 0 Å². The molecule has 6 heteroatoms. The van der Waals surface area contributed by atoms with E-state index in [1.54, 1.807) is 0 Å². The highest BCUT2D eigenvalue weighted by Crippen LogP contribution is 2.10. The topological polar surface area (TPSA) is 121 Å². The molecule has 0 bridgehead atoms. The van der Waals surface area contributed by atoms with Crippen molar-refractivity contribution < 1.29 is 24.9 Å². The van der Waals surface area contributed by atoms with E-state index in [-0.39, 0.29) is 19.4 Å². The second-order valence-corrected chi connectivity index (χ2v) is 2.67. The van der Waals surface area contributed by atoms with Crippen molar-refractivity contribution in [1.82, 2.24) is 0 Å². The lowest BCUT2D eigenvalue weighted by Gasteiger charge is -2.15. The fraction of sp³-hybridized carbons (Fsp3) is 0.714. The molecule has 6 nitrogen and oxygen atoms in total. The summed E-state index contributed by atoms with van der Waals surface area (Å²) >= 11 is 0. The summed E-state index contributed by atoms with van der Waals surface area (Å²) in [5, 5.41) is 25.5. The van der Waals surface area contributed by atoms with Crippen molar-refractivity contribution >= 4 is 11.9 Å². The molecule has 0 rings (SSSR count). The molecule has 0 aliphatic heterocycles. The van der Waals surface area contributed by atoms with Crippen LogP contribution in [-0.4, -0.2) is 39.9 Å². The predicted molar refractivity (Wildman–Crippen MR) is 43.1 cm³/mol. The fourth-order valence-electron chi connectivity index (χ4n) is 0.940. The number of carboxylic acid groups (broad SMARTS) is 2. The van der Waals surface area contributed by atoms with Crippen LogP contribution in [0.1, 0.15) is 12.8 Å². The molecule has 0 aromatic carbocycles. The van der Waals surface area contributed by atoms with Crippen molar-refractivity contribution in [2.45, 2.75) is 18.9 Å². The Morgan fingerprint density at radius 2 is 1.77 bits per heavy atom. The minimum Gasteiger partial charge on any atom is -0.481 e. The van der Waals surface area contributed by atoms with Gasteiger partial charge in [-0.1, -0.05) is 0 Å². The smallest absolute Gasteiger partial charge is 0.321 e. The maximum atomic E-state index is 10.5. The second-order valence-electron chi connectivity index (χ2n) is 2.67. The summed E-state index contributed by atoms with van der Waals surface area (Å²) in [6.45, 7) is -0.171. The number of hydrogen-bond donors (Lipinski definition) is 4. The molecule has 2 unspecified atom stereocenters. The van der Waals surface area contributed by atoms with Crippen molar-refractivity contribution in [3.05, 3.63) is 0 Å². The molecular formula is C7H13NO5. The molecule has 0 radical (unpaired) electrons. The van der Waals surface area contributed by atoms with Gasteiger partial charge in [0.25, 0.3) is 0 Å². The van der Waals surface area contributed by atoms with Crippen LogP contribution in [0.2, 0.25) is 0 Å². The number of nitrogens with two attached hydrogens (primary N) is 1. The van der Waals surface area contributed by atoms with Gasteiger partial charge < -0.3 is 21.1 Å². The van der Waals surface area contributed by atoms with Crippen LogP contribution in [-0.2, 0) is 9.59 Å². The standard InChI is InChI=1S/C7H13NO5/c8-5(7(12)13)4(6(10)11)2-1-3-9/h4-5,9H,1-3,8H2,(H,10,11)(H,12,13). The Bertz CT molecular complexity index is 193. The largest absolute Gasteiger partial charge is 0.481 e. The molecule has 0 aliphatic rings. The van der Waals surface area contributed by atoms with E-state index in [4.69, 9.17) is 21.1 Å². The van der Waals surface area contributed by atoms with Crippen molar-refractivity contribution in [3.8, 4) is 0 Å². The van der Waals surface area contributed by atoms with Gasteiger partial charge in [-0.25, -0.2) is 0 Å². The predicted octanol–water partition coefficient (Wildman–Crippen LogP) is -1.13. The zero-order chi connectivity index (χ0) is 10.4. The Labute approximate surface area is 75.0 Å². The van der Waals surface area contributed by atoms with E-state index >= 15 is 0 Å². The van der Waals surface area contributed by atoms with Crippen molar-refractivity contribution in [3.63, 3.8) is 0 Å². The van der Waals surface area contributed by atoms with Crippen LogP contribution in [0.15, 0.2) is 0 Å². The van der Waals surface area contributed by atoms with Crippen molar-refractivity contribution in [2.75, 3.05) is 6.61 Å². The van der Waals surface area contributed by atoms with E-state index in [0.717, 1.165) is 0 Å². The zero-order valence-electron chi connectivity index (χ0n) is 7.01. The molecule has 5 N–H and O–H groups in total. The average molecular weight is 191 g/mol. The first-order valence-electron chi connectivity index (χ1n) is 3.82. The summed E-state index contributed by atoms with van der Waals surface area (Å²) in [6.07, 6.45) is 0.303. The molecule has 2 atom stereocenters. The number of hydrogen-bond acceptors (Lipinski definition) is 4. The third-order valence-electron chi connectivity index (χ3n) is 1.71. The monoisotopic (exact) mass is 191 g/mol. The Morgan fingerprint density at radius 1 is 1.23 bits per heavy atom. The molecule has 13 heavy (non-hydrogen) atoms. The Balaban J connectivity index is 4.24. The van der Waals surface area contributed by atoms with Crippen LogP contribution in [0.4, 0.5) is 0 Å². The van der Waals surface area contributed by atoms with Gasteiger partial charge in [-0.2, -0.15) is 0 Å². The lowest BCUT2D eigenvalue weighted by molar-refractivity contribution is -0.150. The van der Waals surface area contributed by atoms with Crippen LogP contribution < -0.4 is 5.73 Å². The molecule has 0 heterocycles. The Morgan fingerprint density at radius 3 is 2.08 bits per heavy atom. The summed E-state index contributed by atoms with van der Waals surface area (Å²) < 4.78 is 0. The van der Waals surface area contributed by atoms with E-state index < -0.39 is 23.9 Å². The SMILES string of the molecule is NC(C(=O)O)C(CCCO)C(=O)O.